The van der Waals surface area contributed by atoms with Gasteiger partial charge in [-0.1, -0.05) is 26.0 Å². The molecule has 0 fully saturated rings. The molecule has 0 saturated carbocycles. The van der Waals surface area contributed by atoms with Gasteiger partial charge in [0.1, 0.15) is 11.6 Å². The second-order valence-corrected chi connectivity index (χ2v) is 6.13. The number of benzene rings is 1. The molecule has 24 heavy (non-hydrogen) atoms. The largest absolute Gasteiger partial charge is 0.493 e. The van der Waals surface area contributed by atoms with E-state index in [2.05, 4.69) is 10.2 Å². The van der Waals surface area contributed by atoms with Crippen LogP contribution in [0.25, 0.3) is 0 Å². The van der Waals surface area contributed by atoms with Crippen LogP contribution in [0.4, 0.5) is 11.4 Å². The molecule has 0 unspecified atom stereocenters. The summed E-state index contributed by atoms with van der Waals surface area (Å²) < 4.78 is 1.18. The topological polar surface area (TPSA) is 90.7 Å². The van der Waals surface area contributed by atoms with Crippen molar-refractivity contribution in [1.82, 2.24) is 4.57 Å². The van der Waals surface area contributed by atoms with E-state index in [1.807, 2.05) is 45.0 Å². The first-order valence-corrected chi connectivity index (χ1v) is 7.70. The van der Waals surface area contributed by atoms with Crippen molar-refractivity contribution < 1.29 is 5.11 Å². The van der Waals surface area contributed by atoms with Crippen LogP contribution in [0.3, 0.4) is 0 Å². The Balaban J connectivity index is 2.61. The highest BCUT2D eigenvalue weighted by atomic mass is 16.3. The van der Waals surface area contributed by atoms with E-state index < -0.39 is 5.56 Å². The third kappa shape index (κ3) is 3.51. The third-order valence-corrected chi connectivity index (χ3v) is 3.58. The number of pyridine rings is 1. The Kier molecular flexibility index (Phi) is 5.14. The van der Waals surface area contributed by atoms with Crippen molar-refractivity contribution in [3.63, 3.8) is 0 Å². The van der Waals surface area contributed by atoms with Gasteiger partial charge < -0.3 is 5.11 Å². The molecule has 6 heteroatoms. The molecule has 1 aromatic carbocycles. The zero-order chi connectivity index (χ0) is 17.9. The van der Waals surface area contributed by atoms with Gasteiger partial charge in [0.25, 0.3) is 5.56 Å². The summed E-state index contributed by atoms with van der Waals surface area (Å²) in [6, 6.07) is 9.36. The fraction of sp³-hybridized carbons (Fsp3) is 0.333. The number of hydrogen-bond acceptors (Lipinski definition) is 5. The molecule has 0 bridgehead atoms. The van der Waals surface area contributed by atoms with Crippen LogP contribution in [0.1, 0.15) is 30.5 Å². The Hall–Kier alpha value is -2.94. The highest BCUT2D eigenvalue weighted by Gasteiger charge is 2.19. The Morgan fingerprint density at radius 2 is 2.00 bits per heavy atom. The summed E-state index contributed by atoms with van der Waals surface area (Å²) >= 11 is 0. The molecular formula is C18H20N4O2. The molecule has 124 valence electrons. The van der Waals surface area contributed by atoms with Crippen LogP contribution >= 0.6 is 0 Å². The summed E-state index contributed by atoms with van der Waals surface area (Å²) in [7, 11) is 0. The van der Waals surface area contributed by atoms with Crippen molar-refractivity contribution in [2.45, 2.75) is 34.2 Å². The number of aromatic hydroxyl groups is 1. The van der Waals surface area contributed by atoms with Gasteiger partial charge in [-0.3, -0.25) is 9.36 Å². The molecule has 0 atom stereocenters. The van der Waals surface area contributed by atoms with Crippen molar-refractivity contribution in [1.29, 1.82) is 5.26 Å². The molecule has 0 amide bonds. The zero-order valence-electron chi connectivity index (χ0n) is 14.2. The normalized spacial score (nSPS) is 11.2. The molecule has 1 aromatic heterocycles. The molecule has 0 aliphatic carbocycles. The molecule has 1 heterocycles. The summed E-state index contributed by atoms with van der Waals surface area (Å²) in [5, 5.41) is 27.7. The number of hydrogen-bond donors (Lipinski definition) is 1. The van der Waals surface area contributed by atoms with Gasteiger partial charge in [0.15, 0.2) is 5.69 Å². The first-order valence-electron chi connectivity index (χ1n) is 7.70. The van der Waals surface area contributed by atoms with Gasteiger partial charge in [-0.05, 0) is 37.5 Å². The molecule has 0 aliphatic rings. The SMILES string of the molecule is Cc1cccc(N=Nc2c(C)c(C#N)c(O)n(CC(C)C)c2=O)c1. The van der Waals surface area contributed by atoms with Gasteiger partial charge in [-0.15, -0.1) is 5.11 Å². The lowest BCUT2D eigenvalue weighted by Crippen LogP contribution is -2.24. The van der Waals surface area contributed by atoms with Crippen molar-refractivity contribution >= 4 is 11.4 Å². The van der Waals surface area contributed by atoms with E-state index in [-0.39, 0.29) is 23.0 Å². The van der Waals surface area contributed by atoms with Gasteiger partial charge in [0.05, 0.1) is 5.69 Å². The average Bonchev–Trinajstić information content (AvgIpc) is 2.52. The Labute approximate surface area is 140 Å². The summed E-state index contributed by atoms with van der Waals surface area (Å²) in [6.45, 7) is 7.67. The van der Waals surface area contributed by atoms with Crippen LogP contribution < -0.4 is 5.56 Å². The number of aryl methyl sites for hydroxylation is 1. The molecule has 6 nitrogen and oxygen atoms in total. The maximum Gasteiger partial charge on any atom is 0.281 e. The van der Waals surface area contributed by atoms with Gasteiger partial charge in [0, 0.05) is 12.1 Å². The quantitative estimate of drug-likeness (QED) is 0.858. The second kappa shape index (κ2) is 7.09. The highest BCUT2D eigenvalue weighted by molar-refractivity contribution is 5.56. The summed E-state index contributed by atoms with van der Waals surface area (Å²) in [5.74, 6) is -0.187. The smallest absolute Gasteiger partial charge is 0.281 e. The van der Waals surface area contributed by atoms with Crippen LogP contribution in [0, 0.1) is 31.1 Å². The Bertz CT molecular complexity index is 889. The maximum atomic E-state index is 12.6. The van der Waals surface area contributed by atoms with E-state index in [4.69, 9.17) is 0 Å². The predicted molar refractivity (Wildman–Crippen MR) is 92.0 cm³/mol. The molecular weight excluding hydrogens is 304 g/mol. The molecule has 0 saturated heterocycles. The molecule has 0 aliphatic heterocycles. The van der Waals surface area contributed by atoms with Crippen LogP contribution in [0.2, 0.25) is 0 Å². The van der Waals surface area contributed by atoms with Crippen molar-refractivity contribution in [2.24, 2.45) is 16.1 Å². The number of rotatable bonds is 4. The lowest BCUT2D eigenvalue weighted by molar-refractivity contribution is 0.381. The van der Waals surface area contributed by atoms with E-state index in [1.165, 1.54) is 4.57 Å². The Morgan fingerprint density at radius 3 is 2.58 bits per heavy atom. The van der Waals surface area contributed by atoms with E-state index in [0.717, 1.165) is 5.56 Å². The van der Waals surface area contributed by atoms with E-state index >= 15 is 0 Å². The number of nitriles is 1. The summed E-state index contributed by atoms with van der Waals surface area (Å²) in [5.41, 5.74) is 1.66. The first-order chi connectivity index (χ1) is 11.3. The van der Waals surface area contributed by atoms with Gasteiger partial charge in [-0.25, -0.2) is 0 Å². The maximum absolute atomic E-state index is 12.6. The minimum Gasteiger partial charge on any atom is -0.493 e. The summed E-state index contributed by atoms with van der Waals surface area (Å²) in [6.07, 6.45) is 0. The molecule has 0 radical (unpaired) electrons. The molecule has 2 aromatic rings. The minimum atomic E-state index is -0.450. The van der Waals surface area contributed by atoms with Crippen molar-refractivity contribution in [3.8, 4) is 11.9 Å². The lowest BCUT2D eigenvalue weighted by atomic mass is 10.1. The van der Waals surface area contributed by atoms with Crippen molar-refractivity contribution in [2.75, 3.05) is 0 Å². The lowest BCUT2D eigenvalue weighted by Gasteiger charge is -2.14. The van der Waals surface area contributed by atoms with Crippen LogP contribution in [0.15, 0.2) is 39.3 Å². The van der Waals surface area contributed by atoms with Gasteiger partial charge in [-0.2, -0.15) is 10.4 Å². The second-order valence-electron chi connectivity index (χ2n) is 6.13. The predicted octanol–water partition coefficient (Wildman–Crippen LogP) is 4.11. The van der Waals surface area contributed by atoms with Gasteiger partial charge >= 0.3 is 0 Å². The van der Waals surface area contributed by atoms with Crippen molar-refractivity contribution in [3.05, 3.63) is 51.3 Å². The fourth-order valence-electron chi connectivity index (χ4n) is 2.39. The zero-order valence-corrected chi connectivity index (χ0v) is 14.2. The number of aromatic nitrogens is 1. The minimum absolute atomic E-state index is 0.0495. The number of azo groups is 1. The molecule has 0 spiro atoms. The summed E-state index contributed by atoms with van der Waals surface area (Å²) in [4.78, 5) is 12.6. The number of nitrogens with zero attached hydrogens (tertiary/aromatic N) is 4. The Morgan fingerprint density at radius 1 is 1.29 bits per heavy atom. The van der Waals surface area contributed by atoms with Gasteiger partial charge in [0.2, 0.25) is 5.88 Å². The highest BCUT2D eigenvalue weighted by Crippen LogP contribution is 2.27. The van der Waals surface area contributed by atoms with E-state index in [9.17, 15) is 15.2 Å². The van der Waals surface area contributed by atoms with E-state index in [0.29, 0.717) is 17.8 Å². The van der Waals surface area contributed by atoms with Crippen LogP contribution in [0.5, 0.6) is 5.88 Å². The third-order valence-electron chi connectivity index (χ3n) is 3.58. The molecule has 2 rings (SSSR count). The van der Waals surface area contributed by atoms with Crippen LogP contribution in [-0.4, -0.2) is 9.67 Å². The monoisotopic (exact) mass is 324 g/mol. The average molecular weight is 324 g/mol. The van der Waals surface area contributed by atoms with Crippen LogP contribution in [-0.2, 0) is 6.54 Å². The molecule has 1 N–H and O–H groups in total. The van der Waals surface area contributed by atoms with E-state index in [1.54, 1.807) is 13.0 Å². The first kappa shape index (κ1) is 17.4. The fourth-order valence-corrected chi connectivity index (χ4v) is 2.39. The standard InChI is InChI=1S/C18H20N4O2/c1-11(2)10-22-17(23)15(9-19)13(4)16(18(22)24)21-20-14-7-5-6-12(3)8-14/h5-8,11,23H,10H2,1-4H3.